The largest absolute Gasteiger partial charge is 0.457 e. The van der Waals surface area contributed by atoms with Gasteiger partial charge in [-0.3, -0.25) is 0 Å². The van der Waals surface area contributed by atoms with Crippen molar-refractivity contribution in [1.82, 2.24) is 10.6 Å². The average Bonchev–Trinajstić information content (AvgIpc) is 2.60. The number of esters is 1. The van der Waals surface area contributed by atoms with Crippen LogP contribution < -0.4 is 10.6 Å². The number of benzene rings is 2. The number of amides is 2. The number of ether oxygens (including phenoxy) is 1. The van der Waals surface area contributed by atoms with E-state index in [1.165, 1.54) is 18.2 Å². The zero-order valence-electron chi connectivity index (χ0n) is 13.9. The number of carbonyl (C=O) groups is 2. The Morgan fingerprint density at radius 3 is 2.62 bits per heavy atom. The second-order valence-electron chi connectivity index (χ2n) is 5.77. The van der Waals surface area contributed by atoms with E-state index < -0.39 is 23.9 Å². The second kappa shape index (κ2) is 7.58. The van der Waals surface area contributed by atoms with Gasteiger partial charge in [-0.15, -0.1) is 0 Å². The summed E-state index contributed by atoms with van der Waals surface area (Å²) in [5.74, 6) is -1.28. The van der Waals surface area contributed by atoms with E-state index in [0.717, 1.165) is 5.56 Å². The van der Waals surface area contributed by atoms with Gasteiger partial charge in [0.2, 0.25) is 0 Å². The minimum Gasteiger partial charge on any atom is -0.457 e. The molecule has 5 nitrogen and oxygen atoms in total. The van der Waals surface area contributed by atoms with Gasteiger partial charge in [0.15, 0.2) is 0 Å². The molecule has 134 valence electrons. The van der Waals surface area contributed by atoms with Gasteiger partial charge in [-0.05, 0) is 24.6 Å². The number of allylic oxidation sites excluding steroid dienone is 1. The highest BCUT2D eigenvalue weighted by molar-refractivity contribution is 6.31. The van der Waals surface area contributed by atoms with Crippen molar-refractivity contribution in [3.8, 4) is 0 Å². The molecule has 2 N–H and O–H groups in total. The molecule has 2 aromatic rings. The summed E-state index contributed by atoms with van der Waals surface area (Å²) in [6.45, 7) is 1.61. The van der Waals surface area contributed by atoms with Gasteiger partial charge in [-0.25, -0.2) is 14.0 Å². The van der Waals surface area contributed by atoms with Gasteiger partial charge in [0.25, 0.3) is 0 Å². The van der Waals surface area contributed by atoms with Gasteiger partial charge < -0.3 is 15.4 Å². The Hall–Kier alpha value is -2.86. The van der Waals surface area contributed by atoms with Crippen LogP contribution in [0.25, 0.3) is 0 Å². The maximum atomic E-state index is 14.3. The van der Waals surface area contributed by atoms with E-state index in [1.807, 2.05) is 30.3 Å². The third-order valence-corrected chi connectivity index (χ3v) is 4.32. The summed E-state index contributed by atoms with van der Waals surface area (Å²) < 4.78 is 19.7. The smallest absolute Gasteiger partial charge is 0.338 e. The van der Waals surface area contributed by atoms with Crippen molar-refractivity contribution in [2.45, 2.75) is 19.6 Å². The summed E-state index contributed by atoms with van der Waals surface area (Å²) in [5.41, 5.74) is 1.23. The Kier molecular flexibility index (Phi) is 5.23. The average molecular weight is 375 g/mol. The Balaban J connectivity index is 1.92. The van der Waals surface area contributed by atoms with Crippen LogP contribution in [0.3, 0.4) is 0 Å². The Labute approximate surface area is 154 Å². The van der Waals surface area contributed by atoms with Crippen LogP contribution in [0.1, 0.15) is 24.1 Å². The lowest BCUT2D eigenvalue weighted by Crippen LogP contribution is -2.45. The number of rotatable bonds is 4. The molecule has 2 aromatic carbocycles. The van der Waals surface area contributed by atoms with E-state index in [-0.39, 0.29) is 28.5 Å². The summed E-state index contributed by atoms with van der Waals surface area (Å²) in [7, 11) is 0. The summed E-state index contributed by atoms with van der Waals surface area (Å²) in [5, 5.41) is 5.16. The van der Waals surface area contributed by atoms with Gasteiger partial charge in [0.1, 0.15) is 12.4 Å². The first-order chi connectivity index (χ1) is 12.5. The molecule has 1 heterocycles. The zero-order chi connectivity index (χ0) is 18.7. The molecule has 3 rings (SSSR count). The number of nitrogens with one attached hydrogen (secondary N) is 2. The fraction of sp³-hybridized carbons (Fsp3) is 0.158. The van der Waals surface area contributed by atoms with Crippen LogP contribution in [-0.2, 0) is 16.1 Å². The number of hydrogen-bond acceptors (Lipinski definition) is 3. The summed E-state index contributed by atoms with van der Waals surface area (Å²) in [6, 6.07) is 11.7. The summed E-state index contributed by atoms with van der Waals surface area (Å²) in [6.07, 6.45) is 0. The van der Waals surface area contributed by atoms with Crippen LogP contribution >= 0.6 is 11.6 Å². The molecule has 1 aliphatic heterocycles. The molecule has 0 saturated carbocycles. The minimum absolute atomic E-state index is 0.0232. The summed E-state index contributed by atoms with van der Waals surface area (Å²) in [4.78, 5) is 24.5. The van der Waals surface area contributed by atoms with Crippen LogP contribution in [0.15, 0.2) is 59.8 Å². The molecule has 0 aliphatic carbocycles. The molecule has 0 spiro atoms. The molecule has 0 saturated heterocycles. The Morgan fingerprint density at radius 1 is 1.19 bits per heavy atom. The standard InChI is InChI=1S/C19H16ClFN2O3/c1-11-15(18(24)26-10-12-6-3-2-4-7-12)17(23-19(25)22-11)16-13(20)8-5-9-14(16)21/h2-9,17H,10H2,1H3,(H2,22,23,25)/t17-/m1/s1. The normalized spacial score (nSPS) is 16.7. The molecule has 0 fully saturated rings. The van der Waals surface area contributed by atoms with Gasteiger partial charge in [-0.2, -0.15) is 0 Å². The quantitative estimate of drug-likeness (QED) is 0.799. The first kappa shape index (κ1) is 17.9. The molecule has 7 heteroatoms. The highest BCUT2D eigenvalue weighted by Crippen LogP contribution is 2.34. The van der Waals surface area contributed by atoms with Crippen molar-refractivity contribution in [1.29, 1.82) is 0 Å². The van der Waals surface area contributed by atoms with Crippen LogP contribution in [0.4, 0.5) is 9.18 Å². The molecule has 2 amide bonds. The first-order valence-corrected chi connectivity index (χ1v) is 8.28. The van der Waals surface area contributed by atoms with E-state index in [9.17, 15) is 14.0 Å². The third kappa shape index (κ3) is 3.70. The van der Waals surface area contributed by atoms with Crippen molar-refractivity contribution in [3.63, 3.8) is 0 Å². The maximum absolute atomic E-state index is 14.3. The lowest BCUT2D eigenvalue weighted by molar-refractivity contribution is -0.140. The van der Waals surface area contributed by atoms with E-state index in [4.69, 9.17) is 16.3 Å². The number of carbonyl (C=O) groups excluding carboxylic acids is 2. The van der Waals surface area contributed by atoms with Crippen molar-refractivity contribution in [3.05, 3.63) is 81.8 Å². The van der Waals surface area contributed by atoms with Gasteiger partial charge in [0, 0.05) is 16.3 Å². The molecule has 26 heavy (non-hydrogen) atoms. The monoisotopic (exact) mass is 374 g/mol. The molecule has 0 bridgehead atoms. The van der Waals surface area contributed by atoms with Crippen LogP contribution in [0.5, 0.6) is 0 Å². The number of halogens is 2. The number of urea groups is 1. The second-order valence-corrected chi connectivity index (χ2v) is 6.17. The summed E-state index contributed by atoms with van der Waals surface area (Å²) >= 11 is 6.11. The molecule has 0 aromatic heterocycles. The maximum Gasteiger partial charge on any atom is 0.338 e. The van der Waals surface area contributed by atoms with Crippen molar-refractivity contribution >= 4 is 23.6 Å². The van der Waals surface area contributed by atoms with E-state index in [2.05, 4.69) is 10.6 Å². The highest BCUT2D eigenvalue weighted by Gasteiger charge is 2.35. The minimum atomic E-state index is -1.04. The fourth-order valence-electron chi connectivity index (χ4n) is 2.77. The SMILES string of the molecule is CC1=C(C(=O)OCc2ccccc2)[C@H](c2c(F)cccc2Cl)NC(=O)N1. The molecule has 1 atom stereocenters. The van der Waals surface area contributed by atoms with Crippen molar-refractivity contribution in [2.75, 3.05) is 0 Å². The van der Waals surface area contributed by atoms with Crippen LogP contribution in [0, 0.1) is 5.82 Å². The predicted octanol–water partition coefficient (Wildman–Crippen LogP) is 3.85. The topological polar surface area (TPSA) is 67.4 Å². The van der Waals surface area contributed by atoms with E-state index >= 15 is 0 Å². The molecule has 0 unspecified atom stereocenters. The van der Waals surface area contributed by atoms with Gasteiger partial charge in [0.05, 0.1) is 11.6 Å². The fourth-order valence-corrected chi connectivity index (χ4v) is 3.04. The molecule has 1 aliphatic rings. The van der Waals surface area contributed by atoms with Gasteiger partial charge in [-0.1, -0.05) is 48.0 Å². The number of hydrogen-bond donors (Lipinski definition) is 2. The van der Waals surface area contributed by atoms with Crippen molar-refractivity contribution < 1.29 is 18.7 Å². The lowest BCUT2D eigenvalue weighted by atomic mass is 9.95. The molecular weight excluding hydrogens is 359 g/mol. The van der Waals surface area contributed by atoms with Gasteiger partial charge >= 0.3 is 12.0 Å². The Morgan fingerprint density at radius 2 is 1.92 bits per heavy atom. The zero-order valence-corrected chi connectivity index (χ0v) is 14.6. The predicted molar refractivity (Wildman–Crippen MR) is 94.8 cm³/mol. The molecule has 0 radical (unpaired) electrons. The lowest BCUT2D eigenvalue weighted by Gasteiger charge is -2.28. The third-order valence-electron chi connectivity index (χ3n) is 3.99. The highest BCUT2D eigenvalue weighted by atomic mass is 35.5. The Bertz CT molecular complexity index is 863. The van der Waals surface area contributed by atoms with Crippen LogP contribution in [0.2, 0.25) is 5.02 Å². The van der Waals surface area contributed by atoms with Crippen molar-refractivity contribution in [2.24, 2.45) is 0 Å². The molecular formula is C19H16ClFN2O3. The van der Waals surface area contributed by atoms with E-state index in [0.29, 0.717) is 0 Å². The van der Waals surface area contributed by atoms with Crippen LogP contribution in [-0.4, -0.2) is 12.0 Å². The first-order valence-electron chi connectivity index (χ1n) is 7.90. The van der Waals surface area contributed by atoms with E-state index in [1.54, 1.807) is 6.92 Å².